The maximum atomic E-state index is 11.9. The number of amides is 1. The highest BCUT2D eigenvalue weighted by atomic mass is 16.5. The third-order valence-corrected chi connectivity index (χ3v) is 3.02. The summed E-state index contributed by atoms with van der Waals surface area (Å²) in [5.74, 6) is -0.0141. The summed E-state index contributed by atoms with van der Waals surface area (Å²) in [5, 5.41) is 1.80. The van der Waals surface area contributed by atoms with E-state index in [0.29, 0.717) is 6.61 Å². The molecule has 1 fully saturated rings. The predicted molar refractivity (Wildman–Crippen MR) is 66.3 cm³/mol. The van der Waals surface area contributed by atoms with Gasteiger partial charge in [0.25, 0.3) is 0 Å². The van der Waals surface area contributed by atoms with Gasteiger partial charge in [0.05, 0.1) is 11.1 Å². The first-order valence-corrected chi connectivity index (χ1v) is 5.84. The van der Waals surface area contributed by atoms with Crippen molar-refractivity contribution in [3.05, 3.63) is 30.3 Å². The molecular weight excluding hydrogens is 216 g/mol. The van der Waals surface area contributed by atoms with Gasteiger partial charge in [0.2, 0.25) is 5.91 Å². The zero-order chi connectivity index (χ0) is 12.5. The highest BCUT2D eigenvalue weighted by Gasteiger charge is 2.48. The number of carbonyl (C=O) groups excluding carboxylic acids is 1. The minimum atomic E-state index is -0.550. The van der Waals surface area contributed by atoms with E-state index in [4.69, 9.17) is 4.74 Å². The number of hydrogen-bond donors (Lipinski definition) is 1. The van der Waals surface area contributed by atoms with Crippen molar-refractivity contribution in [3.8, 4) is 0 Å². The molecule has 1 unspecified atom stereocenters. The highest BCUT2D eigenvalue weighted by Crippen LogP contribution is 2.34. The molecule has 0 saturated carbocycles. The number of hydrogen-bond acceptors (Lipinski definition) is 3. The minimum Gasteiger partial charge on any atom is -0.356 e. The Balaban J connectivity index is 2.32. The van der Waals surface area contributed by atoms with E-state index in [1.54, 1.807) is 5.01 Å². The van der Waals surface area contributed by atoms with Gasteiger partial charge < -0.3 is 4.74 Å². The van der Waals surface area contributed by atoms with E-state index in [1.165, 1.54) is 0 Å². The van der Waals surface area contributed by atoms with Gasteiger partial charge >= 0.3 is 0 Å². The van der Waals surface area contributed by atoms with E-state index < -0.39 is 5.41 Å². The quantitative estimate of drug-likeness (QED) is 0.868. The monoisotopic (exact) mass is 234 g/mol. The van der Waals surface area contributed by atoms with E-state index in [9.17, 15) is 4.79 Å². The lowest BCUT2D eigenvalue weighted by Crippen LogP contribution is -2.42. The van der Waals surface area contributed by atoms with Crippen molar-refractivity contribution in [2.45, 2.75) is 27.0 Å². The Labute approximate surface area is 102 Å². The van der Waals surface area contributed by atoms with Crippen LogP contribution in [0.4, 0.5) is 5.69 Å². The molecule has 2 rings (SSSR count). The van der Waals surface area contributed by atoms with Crippen LogP contribution in [-0.2, 0) is 9.53 Å². The highest BCUT2D eigenvalue weighted by molar-refractivity contribution is 5.87. The number of para-hydroxylation sites is 1. The van der Waals surface area contributed by atoms with Crippen LogP contribution < -0.4 is 10.4 Å². The van der Waals surface area contributed by atoms with E-state index in [2.05, 4.69) is 5.43 Å². The summed E-state index contributed by atoms with van der Waals surface area (Å²) in [4.78, 5) is 11.9. The standard InChI is InChI=1S/C13H18N2O2/c1-4-17-12-13(2,3)11(16)14-15(12)10-8-6-5-7-9-10/h5-9,12H,4H2,1-3H3,(H,14,16). The van der Waals surface area contributed by atoms with Crippen LogP contribution in [0.15, 0.2) is 30.3 Å². The Bertz CT molecular complexity index is 403. The van der Waals surface area contributed by atoms with Gasteiger partial charge in [-0.3, -0.25) is 15.2 Å². The van der Waals surface area contributed by atoms with Crippen LogP contribution in [0.25, 0.3) is 0 Å². The molecule has 92 valence electrons. The molecule has 17 heavy (non-hydrogen) atoms. The van der Waals surface area contributed by atoms with E-state index in [0.717, 1.165) is 5.69 Å². The van der Waals surface area contributed by atoms with Gasteiger partial charge in [-0.05, 0) is 32.9 Å². The van der Waals surface area contributed by atoms with Crippen molar-refractivity contribution < 1.29 is 9.53 Å². The average molecular weight is 234 g/mol. The van der Waals surface area contributed by atoms with Crippen LogP contribution in [0.1, 0.15) is 20.8 Å². The van der Waals surface area contributed by atoms with Crippen LogP contribution in [-0.4, -0.2) is 18.7 Å². The molecule has 0 bridgehead atoms. The number of carbonyl (C=O) groups is 1. The molecule has 0 aromatic heterocycles. The van der Waals surface area contributed by atoms with E-state index in [-0.39, 0.29) is 12.1 Å². The maximum Gasteiger partial charge on any atom is 0.248 e. The van der Waals surface area contributed by atoms with E-state index in [1.807, 2.05) is 51.1 Å². The molecule has 1 aliphatic rings. The molecule has 0 spiro atoms. The van der Waals surface area contributed by atoms with Crippen LogP contribution in [0.2, 0.25) is 0 Å². The van der Waals surface area contributed by atoms with Crippen LogP contribution >= 0.6 is 0 Å². The number of anilines is 1. The fourth-order valence-electron chi connectivity index (χ4n) is 1.98. The lowest BCUT2D eigenvalue weighted by Gasteiger charge is -2.30. The van der Waals surface area contributed by atoms with Gasteiger partial charge in [0.1, 0.15) is 0 Å². The summed E-state index contributed by atoms with van der Waals surface area (Å²) >= 11 is 0. The van der Waals surface area contributed by atoms with Crippen molar-refractivity contribution in [2.24, 2.45) is 5.41 Å². The zero-order valence-corrected chi connectivity index (χ0v) is 10.4. The number of ether oxygens (including phenoxy) is 1. The van der Waals surface area contributed by atoms with Gasteiger partial charge in [0.15, 0.2) is 6.23 Å². The zero-order valence-electron chi connectivity index (χ0n) is 10.4. The van der Waals surface area contributed by atoms with Gasteiger partial charge in [-0.15, -0.1) is 0 Å². The summed E-state index contributed by atoms with van der Waals surface area (Å²) in [6.07, 6.45) is -0.276. The Morgan fingerprint density at radius 2 is 2.00 bits per heavy atom. The largest absolute Gasteiger partial charge is 0.356 e. The molecule has 0 radical (unpaired) electrons. The molecule has 1 aromatic carbocycles. The molecule has 0 aliphatic carbocycles. The molecular formula is C13H18N2O2. The normalized spacial score (nSPS) is 22.6. The number of benzene rings is 1. The number of nitrogens with one attached hydrogen (secondary N) is 1. The number of rotatable bonds is 3. The number of nitrogens with zero attached hydrogens (tertiary/aromatic N) is 1. The van der Waals surface area contributed by atoms with Gasteiger partial charge in [0, 0.05) is 6.61 Å². The first-order valence-electron chi connectivity index (χ1n) is 5.84. The number of hydrazine groups is 1. The van der Waals surface area contributed by atoms with Crippen molar-refractivity contribution in [3.63, 3.8) is 0 Å². The molecule has 4 nitrogen and oxygen atoms in total. The average Bonchev–Trinajstić information content (AvgIpc) is 2.54. The third-order valence-electron chi connectivity index (χ3n) is 3.02. The summed E-state index contributed by atoms with van der Waals surface area (Å²) in [6.45, 7) is 6.30. The van der Waals surface area contributed by atoms with Crippen LogP contribution in [0.5, 0.6) is 0 Å². The second kappa shape index (κ2) is 4.37. The molecule has 1 aromatic rings. The van der Waals surface area contributed by atoms with Crippen LogP contribution in [0.3, 0.4) is 0 Å². The Kier molecular flexibility index (Phi) is 3.07. The molecule has 1 atom stereocenters. The van der Waals surface area contributed by atoms with Gasteiger partial charge in [-0.2, -0.15) is 0 Å². The summed E-state index contributed by atoms with van der Waals surface area (Å²) in [6, 6.07) is 9.73. The molecule has 4 heteroatoms. The van der Waals surface area contributed by atoms with Crippen molar-refractivity contribution in [1.29, 1.82) is 0 Å². The second-order valence-electron chi connectivity index (χ2n) is 4.68. The maximum absolute atomic E-state index is 11.9. The van der Waals surface area contributed by atoms with Crippen molar-refractivity contribution in [2.75, 3.05) is 11.6 Å². The van der Waals surface area contributed by atoms with Crippen molar-refractivity contribution >= 4 is 11.6 Å². The SMILES string of the molecule is CCOC1N(c2ccccc2)NC(=O)C1(C)C. The third kappa shape index (κ3) is 2.00. The lowest BCUT2D eigenvalue weighted by molar-refractivity contribution is -0.129. The van der Waals surface area contributed by atoms with Crippen molar-refractivity contribution in [1.82, 2.24) is 5.43 Å². The Morgan fingerprint density at radius 1 is 1.35 bits per heavy atom. The van der Waals surface area contributed by atoms with Gasteiger partial charge in [-0.25, -0.2) is 0 Å². The molecule has 1 amide bonds. The first-order chi connectivity index (χ1) is 8.07. The second-order valence-corrected chi connectivity index (χ2v) is 4.68. The summed E-state index contributed by atoms with van der Waals surface area (Å²) in [5.41, 5.74) is 3.25. The fraction of sp³-hybridized carbons (Fsp3) is 0.462. The molecule has 1 aliphatic heterocycles. The molecule has 1 N–H and O–H groups in total. The molecule has 1 saturated heterocycles. The van der Waals surface area contributed by atoms with Gasteiger partial charge in [-0.1, -0.05) is 18.2 Å². The Hall–Kier alpha value is -1.55. The van der Waals surface area contributed by atoms with E-state index >= 15 is 0 Å². The summed E-state index contributed by atoms with van der Waals surface area (Å²) < 4.78 is 5.70. The minimum absolute atomic E-state index is 0.0141. The Morgan fingerprint density at radius 3 is 2.59 bits per heavy atom. The summed E-state index contributed by atoms with van der Waals surface area (Å²) in [7, 11) is 0. The first kappa shape index (κ1) is 11.9. The van der Waals surface area contributed by atoms with Crippen LogP contribution in [0, 0.1) is 5.41 Å². The lowest BCUT2D eigenvalue weighted by atomic mass is 9.91. The predicted octanol–water partition coefficient (Wildman–Crippen LogP) is 1.93. The topological polar surface area (TPSA) is 41.6 Å². The fourth-order valence-corrected chi connectivity index (χ4v) is 1.98. The smallest absolute Gasteiger partial charge is 0.248 e. The molecule has 1 heterocycles.